The summed E-state index contributed by atoms with van der Waals surface area (Å²) < 4.78 is 0. The first-order valence-corrected chi connectivity index (χ1v) is 9.21. The van der Waals surface area contributed by atoms with Crippen molar-refractivity contribution in [1.82, 2.24) is 10.3 Å². The first-order chi connectivity index (χ1) is 12.2. The van der Waals surface area contributed by atoms with Crippen molar-refractivity contribution in [3.05, 3.63) is 59.9 Å². The Morgan fingerprint density at radius 1 is 1.07 bits per heavy atom. The Kier molecular flexibility index (Phi) is 13.3. The van der Waals surface area contributed by atoms with Crippen molar-refractivity contribution in [3.8, 4) is 0 Å². The highest BCUT2D eigenvalue weighted by Gasteiger charge is 2.12. The number of hydrogen-bond donors (Lipinski definition) is 3. The van der Waals surface area contributed by atoms with Crippen molar-refractivity contribution in [1.29, 1.82) is 0 Å². The summed E-state index contributed by atoms with van der Waals surface area (Å²) in [5.41, 5.74) is 7.33. The minimum Gasteiger partial charge on any atom is -0.351 e. The van der Waals surface area contributed by atoms with E-state index < -0.39 is 0 Å². The van der Waals surface area contributed by atoms with Crippen molar-refractivity contribution >= 4 is 54.1 Å². The second kappa shape index (κ2) is 14.3. The van der Waals surface area contributed by atoms with Gasteiger partial charge in [-0.05, 0) is 24.3 Å². The van der Waals surface area contributed by atoms with Crippen LogP contribution in [0.1, 0.15) is 22.5 Å². The number of aromatic nitrogens is 1. The summed E-state index contributed by atoms with van der Waals surface area (Å²) in [6.07, 6.45) is 2.13. The number of thioether (sulfide) groups is 1. The topological polar surface area (TPSA) is 97.1 Å². The van der Waals surface area contributed by atoms with E-state index in [4.69, 9.17) is 5.73 Å². The molecule has 6 nitrogen and oxygen atoms in total. The molecular formula is C18H24Cl2N4O2S. The summed E-state index contributed by atoms with van der Waals surface area (Å²) in [7, 11) is 0. The zero-order chi connectivity index (χ0) is 17.9. The van der Waals surface area contributed by atoms with E-state index in [9.17, 15) is 9.59 Å². The number of halogens is 2. The molecule has 0 saturated heterocycles. The molecule has 0 spiro atoms. The highest BCUT2D eigenvalue weighted by atomic mass is 35.5. The van der Waals surface area contributed by atoms with Crippen molar-refractivity contribution in [2.45, 2.75) is 12.2 Å². The number of hydrogen-bond acceptors (Lipinski definition) is 5. The normalized spacial score (nSPS) is 9.52. The third-order valence-corrected chi connectivity index (χ3v) is 4.32. The zero-order valence-electron chi connectivity index (χ0n) is 14.7. The highest BCUT2D eigenvalue weighted by molar-refractivity contribution is 7.98. The summed E-state index contributed by atoms with van der Waals surface area (Å²) in [5, 5.41) is 5.51. The minimum absolute atomic E-state index is 0. The fourth-order valence-electron chi connectivity index (χ4n) is 2.11. The van der Waals surface area contributed by atoms with Crippen LogP contribution in [0.25, 0.3) is 0 Å². The Balaban J connectivity index is 0.00000338. The number of rotatable bonds is 9. The van der Waals surface area contributed by atoms with E-state index in [-0.39, 0.29) is 36.6 Å². The van der Waals surface area contributed by atoms with E-state index in [1.165, 1.54) is 0 Å². The molecule has 1 aromatic heterocycles. The number of nitrogens with one attached hydrogen (secondary N) is 2. The lowest BCUT2D eigenvalue weighted by atomic mass is 10.1. The SMILES string of the molecule is Cl.Cl.NCCNC(=O)c1ccccc1NC(=O)CCSCc1ccccn1. The Labute approximate surface area is 175 Å². The predicted octanol–water partition coefficient (Wildman–Crippen LogP) is 2.88. The maximum absolute atomic E-state index is 12.1. The number of pyridine rings is 1. The second-order valence-corrected chi connectivity index (χ2v) is 6.37. The number of anilines is 1. The molecule has 1 aromatic carbocycles. The average molecular weight is 431 g/mol. The standard InChI is InChI=1S/C18H22N4O2S.2ClH/c19-9-11-21-18(24)15-6-1-2-7-16(15)22-17(23)8-12-25-13-14-5-3-4-10-20-14;;/h1-7,10H,8-9,11-13,19H2,(H,21,24)(H,22,23);2*1H. The summed E-state index contributed by atoms with van der Waals surface area (Å²) in [5.74, 6) is 1.09. The first-order valence-electron chi connectivity index (χ1n) is 8.05. The Morgan fingerprint density at radius 2 is 1.81 bits per heavy atom. The van der Waals surface area contributed by atoms with Gasteiger partial charge >= 0.3 is 0 Å². The molecule has 4 N–H and O–H groups in total. The van der Waals surface area contributed by atoms with Crippen molar-refractivity contribution in [3.63, 3.8) is 0 Å². The van der Waals surface area contributed by atoms with Crippen LogP contribution in [0.15, 0.2) is 48.7 Å². The molecule has 0 aliphatic rings. The average Bonchev–Trinajstić information content (AvgIpc) is 2.64. The van der Waals surface area contributed by atoms with Gasteiger partial charge in [-0.15, -0.1) is 24.8 Å². The smallest absolute Gasteiger partial charge is 0.253 e. The zero-order valence-corrected chi connectivity index (χ0v) is 17.2. The van der Waals surface area contributed by atoms with Gasteiger partial charge < -0.3 is 16.4 Å². The van der Waals surface area contributed by atoms with Crippen molar-refractivity contribution in [2.75, 3.05) is 24.2 Å². The van der Waals surface area contributed by atoms with Crippen LogP contribution in [-0.4, -0.2) is 35.6 Å². The number of amides is 2. The van der Waals surface area contributed by atoms with Gasteiger partial charge in [-0.1, -0.05) is 18.2 Å². The molecule has 0 radical (unpaired) electrons. The molecule has 0 aliphatic carbocycles. The monoisotopic (exact) mass is 430 g/mol. The molecule has 0 aliphatic heterocycles. The van der Waals surface area contributed by atoms with Gasteiger partial charge in [0.05, 0.1) is 16.9 Å². The molecule has 2 rings (SSSR count). The van der Waals surface area contributed by atoms with Crippen molar-refractivity contribution in [2.24, 2.45) is 5.73 Å². The van der Waals surface area contributed by atoms with Gasteiger partial charge in [0, 0.05) is 37.2 Å². The van der Waals surface area contributed by atoms with Gasteiger partial charge in [0.2, 0.25) is 5.91 Å². The Morgan fingerprint density at radius 3 is 2.52 bits per heavy atom. The molecule has 0 fully saturated rings. The van der Waals surface area contributed by atoms with Crippen LogP contribution in [0.2, 0.25) is 0 Å². The van der Waals surface area contributed by atoms with E-state index in [1.54, 1.807) is 42.2 Å². The van der Waals surface area contributed by atoms with Gasteiger partial charge in [0.1, 0.15) is 0 Å². The third-order valence-electron chi connectivity index (χ3n) is 3.33. The maximum atomic E-state index is 12.1. The number of para-hydroxylation sites is 1. The lowest BCUT2D eigenvalue weighted by molar-refractivity contribution is -0.115. The fraction of sp³-hybridized carbons (Fsp3) is 0.278. The second-order valence-electron chi connectivity index (χ2n) is 5.26. The molecular weight excluding hydrogens is 407 g/mol. The van der Waals surface area contributed by atoms with Crippen LogP contribution in [0.5, 0.6) is 0 Å². The summed E-state index contributed by atoms with van der Waals surface area (Å²) in [4.78, 5) is 28.5. The molecule has 0 unspecified atom stereocenters. The van der Waals surface area contributed by atoms with Gasteiger partial charge in [0.15, 0.2) is 0 Å². The highest BCUT2D eigenvalue weighted by Crippen LogP contribution is 2.16. The van der Waals surface area contributed by atoms with E-state index in [2.05, 4.69) is 15.6 Å². The maximum Gasteiger partial charge on any atom is 0.253 e. The van der Waals surface area contributed by atoms with Gasteiger partial charge in [0.25, 0.3) is 5.91 Å². The van der Waals surface area contributed by atoms with Crippen molar-refractivity contribution < 1.29 is 9.59 Å². The molecule has 0 bridgehead atoms. The summed E-state index contributed by atoms with van der Waals surface area (Å²) >= 11 is 1.65. The molecule has 1 heterocycles. The van der Waals surface area contributed by atoms with E-state index in [0.29, 0.717) is 36.5 Å². The number of carbonyl (C=O) groups is 2. The van der Waals surface area contributed by atoms with Crippen LogP contribution < -0.4 is 16.4 Å². The minimum atomic E-state index is -0.245. The Bertz CT molecular complexity index is 705. The lowest BCUT2D eigenvalue weighted by Gasteiger charge is -2.11. The molecule has 2 aromatic rings. The predicted molar refractivity (Wildman–Crippen MR) is 116 cm³/mol. The quantitative estimate of drug-likeness (QED) is 0.531. The largest absolute Gasteiger partial charge is 0.351 e. The third kappa shape index (κ3) is 9.10. The van der Waals surface area contributed by atoms with E-state index in [0.717, 1.165) is 11.4 Å². The summed E-state index contributed by atoms with van der Waals surface area (Å²) in [6, 6.07) is 12.7. The molecule has 148 valence electrons. The molecule has 0 atom stereocenters. The van der Waals surface area contributed by atoms with Crippen LogP contribution in [0.4, 0.5) is 5.69 Å². The summed E-state index contributed by atoms with van der Waals surface area (Å²) in [6.45, 7) is 0.763. The van der Waals surface area contributed by atoms with Gasteiger partial charge in [-0.2, -0.15) is 11.8 Å². The van der Waals surface area contributed by atoms with Crippen LogP contribution in [-0.2, 0) is 10.5 Å². The van der Waals surface area contributed by atoms with Crippen LogP contribution in [0.3, 0.4) is 0 Å². The molecule has 0 saturated carbocycles. The molecule has 9 heteroatoms. The Hall–Kier alpha value is -1.80. The van der Waals surface area contributed by atoms with Gasteiger partial charge in [-0.25, -0.2) is 0 Å². The van der Waals surface area contributed by atoms with Gasteiger partial charge in [-0.3, -0.25) is 14.6 Å². The van der Waals surface area contributed by atoms with E-state index in [1.807, 2.05) is 18.2 Å². The van der Waals surface area contributed by atoms with Crippen LogP contribution in [0, 0.1) is 0 Å². The number of nitrogens with zero attached hydrogens (tertiary/aromatic N) is 1. The first kappa shape index (κ1) is 25.2. The molecule has 27 heavy (non-hydrogen) atoms. The van der Waals surface area contributed by atoms with Crippen LogP contribution >= 0.6 is 36.6 Å². The molecule has 2 amide bonds. The van der Waals surface area contributed by atoms with E-state index >= 15 is 0 Å². The lowest BCUT2D eigenvalue weighted by Crippen LogP contribution is -2.30. The fourth-order valence-corrected chi connectivity index (χ4v) is 2.96. The number of carbonyl (C=O) groups excluding carboxylic acids is 2. The number of benzene rings is 1. The number of nitrogens with two attached hydrogens (primary N) is 1.